The summed E-state index contributed by atoms with van der Waals surface area (Å²) in [6, 6.07) is 11.2. The SMILES string of the molecule is NS(=O)(=O)OC[C@H]1C[C@@H](Nc2cc(C#Cc3ccccc3)ncn2)C[C@@H]1O. The van der Waals surface area contributed by atoms with E-state index in [1.54, 1.807) is 6.07 Å². The molecule has 0 bridgehead atoms. The van der Waals surface area contributed by atoms with E-state index in [4.69, 9.17) is 5.14 Å². The zero-order valence-corrected chi connectivity index (χ0v) is 15.3. The van der Waals surface area contributed by atoms with Crippen LogP contribution in [0.2, 0.25) is 0 Å². The maximum absolute atomic E-state index is 10.9. The lowest BCUT2D eigenvalue weighted by molar-refractivity contribution is 0.101. The Bertz CT molecular complexity index is 941. The lowest BCUT2D eigenvalue weighted by Crippen LogP contribution is -2.24. The lowest BCUT2D eigenvalue weighted by Gasteiger charge is -2.13. The average molecular weight is 388 g/mol. The maximum atomic E-state index is 10.9. The van der Waals surface area contributed by atoms with E-state index in [1.807, 2.05) is 30.3 Å². The van der Waals surface area contributed by atoms with E-state index in [2.05, 4.69) is 31.3 Å². The quantitative estimate of drug-likeness (QED) is 0.642. The summed E-state index contributed by atoms with van der Waals surface area (Å²) in [5.41, 5.74) is 1.46. The van der Waals surface area contributed by atoms with Gasteiger partial charge in [0, 0.05) is 23.6 Å². The molecular weight excluding hydrogens is 368 g/mol. The van der Waals surface area contributed by atoms with Crippen LogP contribution in [-0.4, -0.2) is 42.2 Å². The van der Waals surface area contributed by atoms with E-state index in [9.17, 15) is 13.5 Å². The highest BCUT2D eigenvalue weighted by molar-refractivity contribution is 7.84. The summed E-state index contributed by atoms with van der Waals surface area (Å²) in [5.74, 6) is 6.29. The van der Waals surface area contributed by atoms with Gasteiger partial charge < -0.3 is 10.4 Å². The molecule has 0 saturated heterocycles. The number of nitrogens with zero attached hydrogens (tertiary/aromatic N) is 2. The summed E-state index contributed by atoms with van der Waals surface area (Å²) in [6.07, 6.45) is 1.73. The molecule has 142 valence electrons. The second kappa shape index (κ2) is 8.45. The predicted molar refractivity (Wildman–Crippen MR) is 99.7 cm³/mol. The molecule has 8 nitrogen and oxygen atoms in total. The molecule has 0 radical (unpaired) electrons. The van der Waals surface area contributed by atoms with Crippen LogP contribution in [0.5, 0.6) is 0 Å². The van der Waals surface area contributed by atoms with Crippen molar-refractivity contribution in [2.75, 3.05) is 11.9 Å². The second-order valence-electron chi connectivity index (χ2n) is 6.32. The van der Waals surface area contributed by atoms with E-state index in [-0.39, 0.29) is 18.6 Å². The first-order chi connectivity index (χ1) is 12.9. The minimum absolute atomic E-state index is 0.0705. The van der Waals surface area contributed by atoms with Crippen molar-refractivity contribution in [2.45, 2.75) is 25.0 Å². The van der Waals surface area contributed by atoms with Gasteiger partial charge in [-0.05, 0) is 30.9 Å². The van der Waals surface area contributed by atoms with Gasteiger partial charge in [-0.1, -0.05) is 24.1 Å². The van der Waals surface area contributed by atoms with Crippen LogP contribution in [0.25, 0.3) is 0 Å². The molecular formula is C18H20N4O4S. The van der Waals surface area contributed by atoms with Gasteiger partial charge in [0.25, 0.3) is 0 Å². The molecule has 1 fully saturated rings. The summed E-state index contributed by atoms with van der Waals surface area (Å²) < 4.78 is 26.4. The number of hydrogen-bond donors (Lipinski definition) is 3. The summed E-state index contributed by atoms with van der Waals surface area (Å²) in [5, 5.41) is 18.1. The Morgan fingerprint density at radius 3 is 2.74 bits per heavy atom. The van der Waals surface area contributed by atoms with Gasteiger partial charge in [-0.15, -0.1) is 0 Å². The molecule has 2 aromatic rings. The van der Waals surface area contributed by atoms with Gasteiger partial charge in [-0.2, -0.15) is 8.42 Å². The molecule has 9 heteroatoms. The number of hydrogen-bond acceptors (Lipinski definition) is 7. The summed E-state index contributed by atoms with van der Waals surface area (Å²) >= 11 is 0. The molecule has 27 heavy (non-hydrogen) atoms. The van der Waals surface area contributed by atoms with Crippen LogP contribution < -0.4 is 10.5 Å². The Morgan fingerprint density at radius 2 is 2.00 bits per heavy atom. The monoisotopic (exact) mass is 388 g/mol. The van der Waals surface area contributed by atoms with Gasteiger partial charge >= 0.3 is 10.3 Å². The highest BCUT2D eigenvalue weighted by Crippen LogP contribution is 2.28. The van der Waals surface area contributed by atoms with Crippen LogP contribution in [-0.2, 0) is 14.5 Å². The maximum Gasteiger partial charge on any atom is 0.333 e. The van der Waals surface area contributed by atoms with Crippen LogP contribution in [0, 0.1) is 17.8 Å². The number of benzene rings is 1. The van der Waals surface area contributed by atoms with Crippen molar-refractivity contribution in [1.29, 1.82) is 0 Å². The molecule has 1 aliphatic carbocycles. The fraction of sp³-hybridized carbons (Fsp3) is 0.333. The molecule has 3 rings (SSSR count). The molecule has 3 atom stereocenters. The molecule has 0 aliphatic heterocycles. The van der Waals surface area contributed by atoms with Crippen molar-refractivity contribution in [3.63, 3.8) is 0 Å². The standard InChI is InChI=1S/C18H20N4O4S/c19-27(24,25)26-11-14-8-16(9-17(14)23)22-18-10-15(20-12-21-18)7-6-13-4-2-1-3-5-13/h1-5,10,12,14,16-17,23H,8-9,11H2,(H2,19,24,25)(H,20,21,22)/t14-,16-,17+/m1/s1. The fourth-order valence-corrected chi connectivity index (χ4v) is 3.32. The lowest BCUT2D eigenvalue weighted by atomic mass is 10.1. The Morgan fingerprint density at radius 1 is 1.22 bits per heavy atom. The van der Waals surface area contributed by atoms with Crippen LogP contribution in [0.15, 0.2) is 42.7 Å². The van der Waals surface area contributed by atoms with Crippen LogP contribution in [0.3, 0.4) is 0 Å². The van der Waals surface area contributed by atoms with Crippen molar-refractivity contribution in [3.8, 4) is 11.8 Å². The molecule has 1 saturated carbocycles. The first-order valence-electron chi connectivity index (χ1n) is 8.40. The third-order valence-electron chi connectivity index (χ3n) is 4.23. The van der Waals surface area contributed by atoms with Gasteiger partial charge in [0.2, 0.25) is 0 Å². The molecule has 0 spiro atoms. The first kappa shape index (κ1) is 19.3. The predicted octanol–water partition coefficient (Wildman–Crippen LogP) is 0.648. The number of nitrogens with one attached hydrogen (secondary N) is 1. The number of anilines is 1. The number of aliphatic hydroxyl groups excluding tert-OH is 1. The number of aromatic nitrogens is 2. The first-order valence-corrected chi connectivity index (χ1v) is 9.87. The van der Waals surface area contributed by atoms with E-state index in [0.29, 0.717) is 24.4 Å². The molecule has 1 aromatic heterocycles. The van der Waals surface area contributed by atoms with E-state index in [1.165, 1.54) is 6.33 Å². The van der Waals surface area contributed by atoms with Crippen molar-refractivity contribution >= 4 is 16.1 Å². The molecule has 1 heterocycles. The number of nitrogens with two attached hydrogens (primary N) is 1. The smallest absolute Gasteiger partial charge is 0.333 e. The van der Waals surface area contributed by atoms with Gasteiger partial charge in [-0.3, -0.25) is 4.18 Å². The number of rotatable bonds is 5. The van der Waals surface area contributed by atoms with Crippen LogP contribution in [0.4, 0.5) is 5.82 Å². The topological polar surface area (TPSA) is 127 Å². The van der Waals surface area contributed by atoms with Gasteiger partial charge in [0.05, 0.1) is 12.7 Å². The van der Waals surface area contributed by atoms with Crippen molar-refractivity contribution < 1.29 is 17.7 Å². The molecule has 0 unspecified atom stereocenters. The van der Waals surface area contributed by atoms with E-state index in [0.717, 1.165) is 5.56 Å². The van der Waals surface area contributed by atoms with E-state index < -0.39 is 16.4 Å². The minimum Gasteiger partial charge on any atom is -0.393 e. The van der Waals surface area contributed by atoms with Crippen molar-refractivity contribution in [1.82, 2.24) is 9.97 Å². The van der Waals surface area contributed by atoms with Crippen molar-refractivity contribution in [3.05, 3.63) is 54.0 Å². The molecule has 1 aliphatic rings. The Balaban J connectivity index is 1.61. The van der Waals surface area contributed by atoms with Gasteiger partial charge in [-0.25, -0.2) is 15.1 Å². The summed E-state index contributed by atoms with van der Waals surface area (Å²) in [6.45, 7) is -0.143. The highest BCUT2D eigenvalue weighted by atomic mass is 32.2. The van der Waals surface area contributed by atoms with Gasteiger partial charge in [0.1, 0.15) is 17.8 Å². The van der Waals surface area contributed by atoms with Crippen LogP contribution >= 0.6 is 0 Å². The molecule has 0 amide bonds. The number of aliphatic hydroxyl groups is 1. The zero-order chi connectivity index (χ0) is 19.3. The average Bonchev–Trinajstić information content (AvgIpc) is 2.98. The Hall–Kier alpha value is -2.51. The summed E-state index contributed by atoms with van der Waals surface area (Å²) in [4.78, 5) is 8.32. The third-order valence-corrected chi connectivity index (χ3v) is 4.70. The highest BCUT2D eigenvalue weighted by Gasteiger charge is 2.34. The summed E-state index contributed by atoms with van der Waals surface area (Å²) in [7, 11) is -4.01. The second-order valence-corrected chi connectivity index (χ2v) is 7.54. The normalized spacial score (nSPS) is 22.1. The van der Waals surface area contributed by atoms with Gasteiger partial charge in [0.15, 0.2) is 0 Å². The Kier molecular flexibility index (Phi) is 6.03. The van der Waals surface area contributed by atoms with E-state index >= 15 is 0 Å². The molecule has 4 N–H and O–H groups in total. The third kappa shape index (κ3) is 6.01. The minimum atomic E-state index is -4.01. The Labute approximate surface area is 158 Å². The largest absolute Gasteiger partial charge is 0.393 e. The van der Waals surface area contributed by atoms with Crippen LogP contribution in [0.1, 0.15) is 24.1 Å². The fourth-order valence-electron chi connectivity index (χ4n) is 2.95. The van der Waals surface area contributed by atoms with Crippen molar-refractivity contribution in [2.24, 2.45) is 11.1 Å². The zero-order valence-electron chi connectivity index (χ0n) is 14.4. The molecule has 1 aromatic carbocycles.